The van der Waals surface area contributed by atoms with E-state index in [1.165, 1.54) is 0 Å². The van der Waals surface area contributed by atoms with Crippen LogP contribution in [0.4, 0.5) is 0 Å². The molecule has 0 aliphatic heterocycles. The fourth-order valence-corrected chi connectivity index (χ4v) is 3.16. The minimum absolute atomic E-state index is 0.336. The van der Waals surface area contributed by atoms with Gasteiger partial charge < -0.3 is 9.15 Å². The first-order chi connectivity index (χ1) is 13.3. The number of benzene rings is 3. The van der Waals surface area contributed by atoms with Crippen molar-refractivity contribution >= 4 is 33.7 Å². The van der Waals surface area contributed by atoms with Gasteiger partial charge in [-0.25, -0.2) is 4.98 Å². The van der Waals surface area contributed by atoms with Crippen molar-refractivity contribution in [2.24, 2.45) is 0 Å². The largest absolute Gasteiger partial charge is 0.449 e. The number of rotatable bonds is 3. The van der Waals surface area contributed by atoms with Gasteiger partial charge in [-0.15, -0.1) is 0 Å². The summed E-state index contributed by atoms with van der Waals surface area (Å²) in [6.45, 7) is 0. The summed E-state index contributed by atoms with van der Waals surface area (Å²) in [6, 6.07) is 24.8. The van der Waals surface area contributed by atoms with Crippen LogP contribution in [0.2, 0.25) is 5.02 Å². The minimum atomic E-state index is 0.336. The highest BCUT2D eigenvalue weighted by molar-refractivity contribution is 6.32. The van der Waals surface area contributed by atoms with Gasteiger partial charge in [-0.1, -0.05) is 66.2 Å². The lowest BCUT2D eigenvalue weighted by Crippen LogP contribution is -1.95. The lowest BCUT2D eigenvalue weighted by molar-refractivity contribution is 0.457. The summed E-state index contributed by atoms with van der Waals surface area (Å²) in [5.41, 5.74) is 2.84. The predicted molar refractivity (Wildman–Crippen MR) is 106 cm³/mol. The molecule has 0 atom stereocenters. The van der Waals surface area contributed by atoms with Gasteiger partial charge >= 0.3 is 0 Å². The topological polar surface area (TPSA) is 48.2 Å². The fourth-order valence-electron chi connectivity index (χ4n) is 2.98. The number of fused-ring (bicyclic) bond motifs is 3. The molecule has 2 aromatic heterocycles. The molecule has 5 heteroatoms. The second kappa shape index (κ2) is 6.41. The van der Waals surface area contributed by atoms with E-state index in [2.05, 4.69) is 4.98 Å². The van der Waals surface area contributed by atoms with E-state index < -0.39 is 0 Å². The third-order valence-corrected chi connectivity index (χ3v) is 4.58. The molecule has 0 saturated heterocycles. The number of furan rings is 1. The van der Waals surface area contributed by atoms with E-state index in [-0.39, 0.29) is 0 Å². The highest BCUT2D eigenvalue weighted by atomic mass is 35.5. The Balaban J connectivity index is 1.78. The van der Waals surface area contributed by atoms with Crippen LogP contribution in [0.1, 0.15) is 0 Å². The highest BCUT2D eigenvalue weighted by Gasteiger charge is 2.18. The molecule has 0 amide bonds. The molecule has 0 bridgehead atoms. The number of halogens is 1. The van der Waals surface area contributed by atoms with Gasteiger partial charge in [-0.2, -0.15) is 4.98 Å². The summed E-state index contributed by atoms with van der Waals surface area (Å²) in [5.74, 6) is 1.42. The van der Waals surface area contributed by atoms with Gasteiger partial charge in [-0.05, 0) is 24.3 Å². The fraction of sp³-hybridized carbons (Fsp3) is 0. The Morgan fingerprint density at radius 3 is 2.37 bits per heavy atom. The number of ether oxygens (including phenoxy) is 1. The zero-order valence-corrected chi connectivity index (χ0v) is 14.9. The Morgan fingerprint density at radius 2 is 1.52 bits per heavy atom. The molecule has 0 N–H and O–H groups in total. The maximum absolute atomic E-state index is 6.26. The summed E-state index contributed by atoms with van der Waals surface area (Å²) >= 11 is 6.26. The molecule has 27 heavy (non-hydrogen) atoms. The lowest BCUT2D eigenvalue weighted by atomic mass is 10.2. The molecule has 0 unspecified atom stereocenters. The first kappa shape index (κ1) is 15.9. The van der Waals surface area contributed by atoms with Gasteiger partial charge in [0.05, 0.1) is 5.02 Å². The second-order valence-corrected chi connectivity index (χ2v) is 6.43. The maximum atomic E-state index is 6.26. The Labute approximate surface area is 160 Å². The summed E-state index contributed by atoms with van der Waals surface area (Å²) in [6.07, 6.45) is 0. The number of hydrogen-bond acceptors (Lipinski definition) is 4. The van der Waals surface area contributed by atoms with Crippen molar-refractivity contribution in [3.05, 3.63) is 83.9 Å². The highest BCUT2D eigenvalue weighted by Crippen LogP contribution is 2.37. The van der Waals surface area contributed by atoms with E-state index in [9.17, 15) is 0 Å². The quantitative estimate of drug-likeness (QED) is 0.363. The van der Waals surface area contributed by atoms with E-state index in [0.717, 1.165) is 16.5 Å². The average Bonchev–Trinajstić information content (AvgIpc) is 3.09. The number of aromatic nitrogens is 2. The number of para-hydroxylation sites is 2. The van der Waals surface area contributed by atoms with Crippen LogP contribution in [0.3, 0.4) is 0 Å². The van der Waals surface area contributed by atoms with Crippen LogP contribution < -0.4 is 4.74 Å². The van der Waals surface area contributed by atoms with Crippen molar-refractivity contribution in [2.45, 2.75) is 0 Å². The van der Waals surface area contributed by atoms with Gasteiger partial charge in [0.25, 0.3) is 5.88 Å². The molecule has 0 fully saturated rings. The van der Waals surface area contributed by atoms with E-state index >= 15 is 0 Å². The van der Waals surface area contributed by atoms with Crippen LogP contribution >= 0.6 is 11.6 Å². The van der Waals surface area contributed by atoms with E-state index in [1.807, 2.05) is 66.7 Å². The molecule has 0 aliphatic carbocycles. The van der Waals surface area contributed by atoms with Crippen LogP contribution in [0.25, 0.3) is 33.5 Å². The lowest BCUT2D eigenvalue weighted by Gasteiger charge is -2.08. The predicted octanol–water partition coefficient (Wildman–Crippen LogP) is 6.49. The van der Waals surface area contributed by atoms with Crippen molar-refractivity contribution in [3.63, 3.8) is 0 Å². The zero-order chi connectivity index (χ0) is 18.2. The zero-order valence-electron chi connectivity index (χ0n) is 14.1. The second-order valence-electron chi connectivity index (χ2n) is 6.03. The van der Waals surface area contributed by atoms with E-state index in [0.29, 0.717) is 33.6 Å². The maximum Gasteiger partial charge on any atom is 0.267 e. The van der Waals surface area contributed by atoms with Crippen molar-refractivity contribution in [2.75, 3.05) is 0 Å². The molecule has 130 valence electrons. The normalized spacial score (nSPS) is 11.1. The van der Waals surface area contributed by atoms with Crippen molar-refractivity contribution < 1.29 is 9.15 Å². The van der Waals surface area contributed by atoms with Crippen molar-refractivity contribution in [1.29, 1.82) is 0 Å². The van der Waals surface area contributed by atoms with Gasteiger partial charge in [0.15, 0.2) is 5.82 Å². The van der Waals surface area contributed by atoms with Crippen LogP contribution in [-0.4, -0.2) is 9.97 Å². The first-order valence-electron chi connectivity index (χ1n) is 8.47. The SMILES string of the molecule is Clc1ccccc1Oc1nc(-c2ccccc2)nc2c1oc1ccccc12. The summed E-state index contributed by atoms with van der Waals surface area (Å²) in [4.78, 5) is 9.36. The standard InChI is InChI=1S/C22H13ClN2O2/c23-16-11-5-7-13-18(16)27-22-20-19(15-10-4-6-12-17(15)26-20)24-21(25-22)14-8-2-1-3-9-14/h1-13H. The molecular formula is C22H13ClN2O2. The minimum Gasteiger partial charge on any atom is -0.449 e. The van der Waals surface area contributed by atoms with Crippen molar-refractivity contribution in [1.82, 2.24) is 9.97 Å². The van der Waals surface area contributed by atoms with Crippen LogP contribution in [-0.2, 0) is 0 Å². The third kappa shape index (κ3) is 2.80. The van der Waals surface area contributed by atoms with Crippen molar-refractivity contribution in [3.8, 4) is 23.0 Å². The molecule has 0 spiro atoms. The van der Waals surface area contributed by atoms with Crippen LogP contribution in [0.5, 0.6) is 11.6 Å². The third-order valence-electron chi connectivity index (χ3n) is 4.26. The monoisotopic (exact) mass is 372 g/mol. The number of hydrogen-bond donors (Lipinski definition) is 0. The number of nitrogens with zero attached hydrogens (tertiary/aromatic N) is 2. The Bertz CT molecular complexity index is 1270. The Morgan fingerprint density at radius 1 is 0.778 bits per heavy atom. The van der Waals surface area contributed by atoms with Crippen LogP contribution in [0, 0.1) is 0 Å². The summed E-state index contributed by atoms with van der Waals surface area (Å²) in [7, 11) is 0. The molecule has 2 heterocycles. The summed E-state index contributed by atoms with van der Waals surface area (Å²) < 4.78 is 12.0. The Kier molecular flexibility index (Phi) is 3.77. The van der Waals surface area contributed by atoms with E-state index in [4.69, 9.17) is 25.7 Å². The van der Waals surface area contributed by atoms with Gasteiger partial charge in [-0.3, -0.25) is 0 Å². The first-order valence-corrected chi connectivity index (χ1v) is 8.84. The Hall–Kier alpha value is -3.37. The molecule has 0 saturated carbocycles. The molecule has 0 aliphatic rings. The molecule has 5 rings (SSSR count). The molecular weight excluding hydrogens is 360 g/mol. The van der Waals surface area contributed by atoms with Gasteiger partial charge in [0, 0.05) is 10.9 Å². The van der Waals surface area contributed by atoms with Gasteiger partial charge in [0.1, 0.15) is 16.8 Å². The van der Waals surface area contributed by atoms with Gasteiger partial charge in [0.2, 0.25) is 5.58 Å². The van der Waals surface area contributed by atoms with Crippen LogP contribution in [0.15, 0.2) is 83.3 Å². The molecule has 5 aromatic rings. The molecule has 0 radical (unpaired) electrons. The van der Waals surface area contributed by atoms with E-state index in [1.54, 1.807) is 12.1 Å². The summed E-state index contributed by atoms with van der Waals surface area (Å²) in [5, 5.41) is 1.41. The molecule has 4 nitrogen and oxygen atoms in total. The average molecular weight is 373 g/mol. The molecule has 3 aromatic carbocycles. The smallest absolute Gasteiger partial charge is 0.267 e.